The molecule has 0 bridgehead atoms. The number of rotatable bonds is 10. The molecule has 0 heterocycles. The Bertz CT molecular complexity index is 552. The van der Waals surface area contributed by atoms with E-state index >= 15 is 0 Å². The van der Waals surface area contributed by atoms with E-state index in [1.807, 2.05) is 32.1 Å². The molecule has 0 amide bonds. The van der Waals surface area contributed by atoms with Gasteiger partial charge in [-0.15, -0.1) is 0 Å². The molecule has 0 saturated carbocycles. The summed E-state index contributed by atoms with van der Waals surface area (Å²) in [6.45, 7) is 16.3. The molecule has 0 aliphatic heterocycles. The highest BCUT2D eigenvalue weighted by Gasteiger charge is 2.12. The molecule has 0 aromatic heterocycles. The van der Waals surface area contributed by atoms with Crippen molar-refractivity contribution < 1.29 is 14.2 Å². The van der Waals surface area contributed by atoms with E-state index in [0.717, 1.165) is 16.9 Å². The van der Waals surface area contributed by atoms with E-state index in [1.54, 1.807) is 18.2 Å². The van der Waals surface area contributed by atoms with Crippen molar-refractivity contribution in [2.24, 2.45) is 0 Å². The Morgan fingerprint density at radius 2 is 1.27 bits per heavy atom. The van der Waals surface area contributed by atoms with Gasteiger partial charge in [0, 0.05) is 11.6 Å². The van der Waals surface area contributed by atoms with Gasteiger partial charge < -0.3 is 14.2 Å². The van der Waals surface area contributed by atoms with Crippen molar-refractivity contribution in [3.8, 4) is 17.2 Å². The van der Waals surface area contributed by atoms with Gasteiger partial charge in [-0.05, 0) is 19.9 Å². The highest BCUT2D eigenvalue weighted by Crippen LogP contribution is 2.36. The summed E-state index contributed by atoms with van der Waals surface area (Å²) in [6.07, 6.45) is 7.13. The Morgan fingerprint density at radius 1 is 0.818 bits per heavy atom. The molecule has 22 heavy (non-hydrogen) atoms. The zero-order valence-electron chi connectivity index (χ0n) is 13.4. The largest absolute Gasteiger partial charge is 0.489 e. The van der Waals surface area contributed by atoms with E-state index in [4.69, 9.17) is 14.2 Å². The minimum Gasteiger partial charge on any atom is -0.489 e. The third-order valence-electron chi connectivity index (χ3n) is 2.59. The van der Waals surface area contributed by atoms with Gasteiger partial charge in [-0.3, -0.25) is 0 Å². The molecule has 0 unspecified atom stereocenters. The van der Waals surface area contributed by atoms with Gasteiger partial charge in [0.2, 0.25) is 0 Å². The molecule has 0 atom stereocenters. The van der Waals surface area contributed by atoms with Crippen molar-refractivity contribution in [2.45, 2.75) is 13.8 Å². The molecule has 1 aromatic carbocycles. The Kier molecular flexibility index (Phi) is 7.62. The standard InChI is InChI=1S/C19H24O3/c1-6-9-20-17-14-19(22-11-8-3)18(21-10-7-2)13-16(17)12-15(4)5/h6-8,12-14H,1-3,9-11H2,4-5H3. The molecule has 0 aliphatic carbocycles. The zero-order valence-corrected chi connectivity index (χ0v) is 13.4. The second-order valence-electron chi connectivity index (χ2n) is 4.86. The molecule has 0 N–H and O–H groups in total. The maximum atomic E-state index is 5.72. The monoisotopic (exact) mass is 300 g/mol. The van der Waals surface area contributed by atoms with Gasteiger partial charge in [0.25, 0.3) is 0 Å². The van der Waals surface area contributed by atoms with Crippen molar-refractivity contribution in [1.29, 1.82) is 0 Å². The molecule has 1 aromatic rings. The van der Waals surface area contributed by atoms with Crippen LogP contribution in [0.4, 0.5) is 0 Å². The van der Waals surface area contributed by atoms with Crippen molar-refractivity contribution in [3.05, 3.63) is 61.2 Å². The summed E-state index contributed by atoms with van der Waals surface area (Å²) < 4.78 is 17.1. The average molecular weight is 300 g/mol. The molecule has 118 valence electrons. The van der Waals surface area contributed by atoms with Crippen LogP contribution < -0.4 is 14.2 Å². The minimum atomic E-state index is 0.396. The molecular formula is C19H24O3. The predicted octanol–water partition coefficient (Wildman–Crippen LogP) is 4.80. The molecular weight excluding hydrogens is 276 g/mol. The summed E-state index contributed by atoms with van der Waals surface area (Å²) in [4.78, 5) is 0. The summed E-state index contributed by atoms with van der Waals surface area (Å²) >= 11 is 0. The normalized spacial score (nSPS) is 9.55. The first kappa shape index (κ1) is 17.6. The zero-order chi connectivity index (χ0) is 16.4. The summed E-state index contributed by atoms with van der Waals surface area (Å²) in [5.74, 6) is 2.00. The van der Waals surface area contributed by atoms with Gasteiger partial charge in [-0.25, -0.2) is 0 Å². The van der Waals surface area contributed by atoms with Gasteiger partial charge in [-0.1, -0.05) is 49.6 Å². The van der Waals surface area contributed by atoms with Gasteiger partial charge in [0.1, 0.15) is 25.6 Å². The third-order valence-corrected chi connectivity index (χ3v) is 2.59. The van der Waals surface area contributed by atoms with Crippen molar-refractivity contribution in [1.82, 2.24) is 0 Å². The SMILES string of the molecule is C=CCOc1cc(OCC=C)c(OCC=C)cc1C=C(C)C. The number of benzene rings is 1. The highest BCUT2D eigenvalue weighted by molar-refractivity contribution is 5.64. The van der Waals surface area contributed by atoms with Gasteiger partial charge >= 0.3 is 0 Å². The van der Waals surface area contributed by atoms with Crippen LogP contribution in [-0.4, -0.2) is 19.8 Å². The number of allylic oxidation sites excluding steroid dienone is 1. The molecule has 3 nitrogen and oxygen atoms in total. The van der Waals surface area contributed by atoms with Crippen molar-refractivity contribution in [2.75, 3.05) is 19.8 Å². The lowest BCUT2D eigenvalue weighted by molar-refractivity contribution is 0.303. The molecule has 0 aliphatic rings. The summed E-state index contributed by atoms with van der Waals surface area (Å²) in [5, 5.41) is 0. The molecule has 1 rings (SSSR count). The Hall–Kier alpha value is -2.42. The second kappa shape index (κ2) is 9.50. The number of hydrogen-bond donors (Lipinski definition) is 0. The molecule has 0 fully saturated rings. The lowest BCUT2D eigenvalue weighted by atomic mass is 10.1. The van der Waals surface area contributed by atoms with Crippen LogP contribution in [-0.2, 0) is 0 Å². The Labute approximate surface area is 133 Å². The Morgan fingerprint density at radius 3 is 1.73 bits per heavy atom. The first-order valence-corrected chi connectivity index (χ1v) is 7.16. The average Bonchev–Trinajstić information content (AvgIpc) is 2.49. The Balaban J connectivity index is 3.26. The van der Waals surface area contributed by atoms with Crippen LogP contribution in [0.1, 0.15) is 19.4 Å². The quantitative estimate of drug-likeness (QED) is 0.581. The van der Waals surface area contributed by atoms with Crippen molar-refractivity contribution >= 4 is 6.08 Å². The first-order valence-electron chi connectivity index (χ1n) is 7.16. The molecule has 0 radical (unpaired) electrons. The predicted molar refractivity (Wildman–Crippen MR) is 92.8 cm³/mol. The first-order chi connectivity index (χ1) is 10.6. The lowest BCUT2D eigenvalue weighted by Crippen LogP contribution is -2.02. The lowest BCUT2D eigenvalue weighted by Gasteiger charge is -2.15. The maximum absolute atomic E-state index is 5.72. The molecule has 0 spiro atoms. The van der Waals surface area contributed by atoms with Gasteiger partial charge in [-0.2, -0.15) is 0 Å². The fourth-order valence-electron chi connectivity index (χ4n) is 1.78. The van der Waals surface area contributed by atoms with Crippen LogP contribution in [0.5, 0.6) is 17.2 Å². The van der Waals surface area contributed by atoms with E-state index in [0.29, 0.717) is 31.3 Å². The van der Waals surface area contributed by atoms with E-state index < -0.39 is 0 Å². The van der Waals surface area contributed by atoms with E-state index in [2.05, 4.69) is 19.7 Å². The van der Waals surface area contributed by atoms with E-state index in [1.165, 1.54) is 0 Å². The van der Waals surface area contributed by atoms with E-state index in [-0.39, 0.29) is 0 Å². The van der Waals surface area contributed by atoms with Crippen molar-refractivity contribution in [3.63, 3.8) is 0 Å². The number of hydrogen-bond acceptors (Lipinski definition) is 3. The third kappa shape index (κ3) is 5.52. The van der Waals surface area contributed by atoms with E-state index in [9.17, 15) is 0 Å². The smallest absolute Gasteiger partial charge is 0.165 e. The van der Waals surface area contributed by atoms with Gasteiger partial charge in [0.15, 0.2) is 11.5 Å². The maximum Gasteiger partial charge on any atom is 0.165 e. The van der Waals surface area contributed by atoms with Crippen LogP contribution in [0.25, 0.3) is 6.08 Å². The number of ether oxygens (including phenoxy) is 3. The van der Waals surface area contributed by atoms with Crippen LogP contribution in [0, 0.1) is 0 Å². The molecule has 3 heteroatoms. The fraction of sp³-hybridized carbons (Fsp3) is 0.263. The van der Waals surface area contributed by atoms with Gasteiger partial charge in [0.05, 0.1) is 0 Å². The highest BCUT2D eigenvalue weighted by atomic mass is 16.5. The summed E-state index contributed by atoms with van der Waals surface area (Å²) in [6, 6.07) is 3.74. The second-order valence-corrected chi connectivity index (χ2v) is 4.86. The summed E-state index contributed by atoms with van der Waals surface area (Å²) in [7, 11) is 0. The fourth-order valence-corrected chi connectivity index (χ4v) is 1.78. The summed E-state index contributed by atoms with van der Waals surface area (Å²) in [5.41, 5.74) is 2.10. The molecule has 0 saturated heterocycles. The minimum absolute atomic E-state index is 0.396. The topological polar surface area (TPSA) is 27.7 Å². The van der Waals surface area contributed by atoms with Crippen LogP contribution in [0.2, 0.25) is 0 Å². The van der Waals surface area contributed by atoms with Crippen LogP contribution in [0.15, 0.2) is 55.7 Å². The van der Waals surface area contributed by atoms with Crippen LogP contribution in [0.3, 0.4) is 0 Å². The van der Waals surface area contributed by atoms with Crippen LogP contribution >= 0.6 is 0 Å².